The van der Waals surface area contributed by atoms with Crippen LogP contribution in [0.5, 0.6) is 0 Å². The van der Waals surface area contributed by atoms with Gasteiger partial charge in [0.2, 0.25) is 0 Å². The SMILES string of the molecule is CC1=C2c3oc(C)cc3C1[Si]2(C)C.Cc1cc2c(-c3ccc(C(C(F)(F)F)(C(F)(F)F)C(F)(F)F)cc3)cccc2[cH-]1.[Cl-].[Cl-].[Zr+3]. The fourth-order valence-electron chi connectivity index (χ4n) is 6.81. The summed E-state index contributed by atoms with van der Waals surface area (Å²) in [6, 6.07) is 13.0. The van der Waals surface area contributed by atoms with E-state index in [0.717, 1.165) is 34.4 Å². The van der Waals surface area contributed by atoms with E-state index in [2.05, 4.69) is 26.1 Å². The van der Waals surface area contributed by atoms with Crippen molar-refractivity contribution < 1.29 is 94.9 Å². The molecule has 1 aliphatic carbocycles. The first-order valence-corrected chi connectivity index (χ1v) is 16.1. The minimum absolute atomic E-state index is 0. The Labute approximate surface area is 286 Å². The van der Waals surface area contributed by atoms with Crippen LogP contribution in [-0.4, -0.2) is 26.6 Å². The topological polar surface area (TPSA) is 13.1 Å². The summed E-state index contributed by atoms with van der Waals surface area (Å²) in [5.74, 6) is 2.31. The van der Waals surface area contributed by atoms with Crippen molar-refractivity contribution >= 4 is 24.0 Å². The van der Waals surface area contributed by atoms with Gasteiger partial charge in [0.25, 0.3) is 5.41 Å². The number of halogens is 11. The molecule has 2 aliphatic heterocycles. The molecule has 0 amide bonds. The summed E-state index contributed by atoms with van der Waals surface area (Å²) in [5.41, 5.74) is -2.49. The van der Waals surface area contributed by atoms with Crippen molar-refractivity contribution in [3.63, 3.8) is 0 Å². The van der Waals surface area contributed by atoms with E-state index in [9.17, 15) is 39.5 Å². The van der Waals surface area contributed by atoms with Gasteiger partial charge < -0.3 is 29.2 Å². The number of benzene rings is 2. The monoisotopic (exact) mass is 773 g/mol. The van der Waals surface area contributed by atoms with Crippen LogP contribution in [-0.2, 0) is 31.6 Å². The van der Waals surface area contributed by atoms with Crippen LogP contribution in [0.2, 0.25) is 13.1 Å². The summed E-state index contributed by atoms with van der Waals surface area (Å²) in [4.78, 5) is 0. The second kappa shape index (κ2) is 12.6. The second-order valence-corrected chi connectivity index (χ2v) is 16.0. The summed E-state index contributed by atoms with van der Waals surface area (Å²) in [5, 5.41) is 3.08. The normalized spacial score (nSPS) is 16.9. The quantitative estimate of drug-likeness (QED) is 0.163. The Bertz CT molecular complexity index is 1680. The molecule has 14 heteroatoms. The number of hydrogen-bond acceptors (Lipinski definition) is 1. The third kappa shape index (κ3) is 5.91. The second-order valence-electron chi connectivity index (χ2n) is 11.5. The Balaban J connectivity index is 0.000000369. The molecule has 1 unspecified atom stereocenters. The smallest absolute Gasteiger partial charge is 1.00 e. The molecular formula is C31H26Cl2F9OSiZr. The van der Waals surface area contributed by atoms with Gasteiger partial charge >= 0.3 is 44.7 Å². The largest absolute Gasteiger partial charge is 3.00 e. The Hall–Kier alpha value is -1.88. The minimum Gasteiger partial charge on any atom is -1.00 e. The Morgan fingerprint density at radius 2 is 1.29 bits per heavy atom. The number of aryl methyl sites for hydroxylation is 2. The molecular weight excluding hydrogens is 750 g/mol. The van der Waals surface area contributed by atoms with Crippen molar-refractivity contribution in [2.75, 3.05) is 0 Å². The van der Waals surface area contributed by atoms with E-state index in [-0.39, 0.29) is 68.7 Å². The molecule has 1 radical (unpaired) electrons. The Kier molecular flexibility index (Phi) is 11.0. The zero-order valence-electron chi connectivity index (χ0n) is 24.4. The predicted octanol–water partition coefficient (Wildman–Crippen LogP) is 4.72. The number of hydrogen-bond donors (Lipinski definition) is 0. The average Bonchev–Trinajstić information content (AvgIpc) is 3.50. The summed E-state index contributed by atoms with van der Waals surface area (Å²) < 4.78 is 125. The van der Waals surface area contributed by atoms with Crippen LogP contribution in [0.1, 0.15) is 40.7 Å². The number of rotatable bonds is 2. The van der Waals surface area contributed by atoms with E-state index in [1.165, 1.54) is 11.3 Å². The summed E-state index contributed by atoms with van der Waals surface area (Å²) in [6.07, 6.45) is -19.9. The Morgan fingerprint density at radius 3 is 1.76 bits per heavy atom. The van der Waals surface area contributed by atoms with Gasteiger partial charge in [-0.3, -0.25) is 0 Å². The minimum atomic E-state index is -6.63. The molecule has 3 aromatic carbocycles. The van der Waals surface area contributed by atoms with Crippen molar-refractivity contribution in [1.29, 1.82) is 0 Å². The first-order valence-electron chi connectivity index (χ1n) is 13.0. The van der Waals surface area contributed by atoms with Gasteiger partial charge in [-0.25, -0.2) is 0 Å². The Morgan fingerprint density at radius 1 is 0.756 bits per heavy atom. The van der Waals surface area contributed by atoms with Crippen LogP contribution in [0.4, 0.5) is 39.5 Å². The van der Waals surface area contributed by atoms with Gasteiger partial charge in [0.15, 0.2) is 0 Å². The van der Waals surface area contributed by atoms with E-state index < -0.39 is 37.6 Å². The first-order chi connectivity index (χ1) is 19.2. The summed E-state index contributed by atoms with van der Waals surface area (Å²) in [6.45, 7) is 11.0. The molecule has 7 rings (SSSR count). The van der Waals surface area contributed by atoms with Crippen LogP contribution in [0.15, 0.2) is 70.7 Å². The van der Waals surface area contributed by atoms with Crippen molar-refractivity contribution in [1.82, 2.24) is 0 Å². The molecule has 1 nitrogen and oxygen atoms in total. The zero-order valence-corrected chi connectivity index (χ0v) is 29.4. The van der Waals surface area contributed by atoms with Crippen LogP contribution >= 0.6 is 0 Å². The van der Waals surface area contributed by atoms with Crippen molar-refractivity contribution in [3.05, 3.63) is 94.4 Å². The molecule has 0 saturated carbocycles. The van der Waals surface area contributed by atoms with Gasteiger partial charge in [0.1, 0.15) is 11.5 Å². The third-order valence-corrected chi connectivity index (χ3v) is 12.5. The van der Waals surface area contributed by atoms with Gasteiger partial charge in [0, 0.05) is 11.1 Å². The van der Waals surface area contributed by atoms with E-state index in [1.807, 2.05) is 13.0 Å². The van der Waals surface area contributed by atoms with Crippen molar-refractivity contribution in [3.8, 4) is 11.1 Å². The number of alkyl halides is 9. The fraction of sp³-hybridized carbons (Fsp3) is 0.323. The van der Waals surface area contributed by atoms with Gasteiger partial charge in [-0.2, -0.15) is 45.6 Å². The summed E-state index contributed by atoms with van der Waals surface area (Å²) in [7, 11) is -1.10. The fourth-order valence-corrected chi connectivity index (χ4v) is 11.0. The maximum atomic E-state index is 13.2. The predicted molar refractivity (Wildman–Crippen MR) is 146 cm³/mol. The molecule has 0 spiro atoms. The molecule has 45 heavy (non-hydrogen) atoms. The molecule has 1 aromatic heterocycles. The van der Waals surface area contributed by atoms with E-state index in [4.69, 9.17) is 4.42 Å². The molecule has 1 atom stereocenters. The maximum absolute atomic E-state index is 13.2. The van der Waals surface area contributed by atoms with E-state index >= 15 is 0 Å². The first kappa shape index (κ1) is 39.3. The molecule has 3 heterocycles. The number of allylic oxidation sites excluding steroid dienone is 1. The van der Waals surface area contributed by atoms with Crippen molar-refractivity contribution in [2.45, 2.75) is 63.4 Å². The molecule has 0 saturated heterocycles. The molecule has 0 fully saturated rings. The van der Waals surface area contributed by atoms with Crippen LogP contribution < -0.4 is 24.8 Å². The van der Waals surface area contributed by atoms with Crippen LogP contribution in [0, 0.1) is 13.8 Å². The average molecular weight is 776 g/mol. The maximum Gasteiger partial charge on any atom is 3.00 e. The molecule has 241 valence electrons. The number of fused-ring (bicyclic) bond motifs is 1. The van der Waals surface area contributed by atoms with Crippen LogP contribution in [0.25, 0.3) is 27.1 Å². The molecule has 2 bridgehead atoms. The van der Waals surface area contributed by atoms with Crippen molar-refractivity contribution in [2.24, 2.45) is 0 Å². The number of furan rings is 1. The third-order valence-electron chi connectivity index (χ3n) is 8.42. The van der Waals surface area contributed by atoms with Crippen LogP contribution in [0.3, 0.4) is 0 Å². The van der Waals surface area contributed by atoms with E-state index in [1.54, 1.807) is 42.0 Å². The van der Waals surface area contributed by atoms with E-state index in [0.29, 0.717) is 10.9 Å². The van der Waals surface area contributed by atoms with Gasteiger partial charge in [-0.1, -0.05) is 61.5 Å². The standard InChI is InChI=1S/C20H12F9.C11H14OSi.2ClH.Zr/c1-11-9-13-3-2-4-15(16(13)10-11)12-5-7-14(8-6-12)17(18(21,22)23,19(24,25)26)20(27,28)29;1-6-5-8-9(12-6)11-7(2)10(8)13(11,3)4;;;/h2-10H,1H3;5,10H,1-4H3;2*1H;/q-1;;;;+3/p-2. The van der Waals surface area contributed by atoms with Gasteiger partial charge in [0.05, 0.1) is 8.07 Å². The summed E-state index contributed by atoms with van der Waals surface area (Å²) >= 11 is 0. The molecule has 3 aliphatic rings. The molecule has 0 N–H and O–H groups in total. The van der Waals surface area contributed by atoms with Gasteiger partial charge in [-0.05, 0) is 36.2 Å². The van der Waals surface area contributed by atoms with Gasteiger partial charge in [-0.15, -0.1) is 34.5 Å². The zero-order chi connectivity index (χ0) is 31.2. The molecule has 4 aromatic rings.